The van der Waals surface area contributed by atoms with Gasteiger partial charge in [-0.1, -0.05) is 0 Å². The average molecular weight is 257 g/mol. The number of halogens is 3. The van der Waals surface area contributed by atoms with Crippen molar-refractivity contribution in [1.82, 2.24) is 4.98 Å². The van der Waals surface area contributed by atoms with Crippen molar-refractivity contribution in [2.45, 2.75) is 17.3 Å². The van der Waals surface area contributed by atoms with Gasteiger partial charge in [-0.2, -0.15) is 0 Å². The summed E-state index contributed by atoms with van der Waals surface area (Å²) in [4.78, 5) is 3.53. The highest BCUT2D eigenvalue weighted by molar-refractivity contribution is 7.89. The predicted molar refractivity (Wildman–Crippen MR) is 50.1 cm³/mol. The molecule has 4 nitrogen and oxygen atoms in total. The van der Waals surface area contributed by atoms with Gasteiger partial charge in [-0.25, -0.2) is 27.3 Å². The molecule has 0 saturated carbocycles. The van der Waals surface area contributed by atoms with E-state index in [1.807, 2.05) is 0 Å². The summed E-state index contributed by atoms with van der Waals surface area (Å²) in [6.45, 7) is 0. The van der Waals surface area contributed by atoms with E-state index in [4.69, 9.17) is 16.7 Å². The summed E-state index contributed by atoms with van der Waals surface area (Å²) in [5, 5.41) is 4.17. The summed E-state index contributed by atoms with van der Waals surface area (Å²) < 4.78 is 46.5. The highest BCUT2D eigenvalue weighted by Crippen LogP contribution is 2.22. The second-order valence-electron chi connectivity index (χ2n) is 2.71. The van der Waals surface area contributed by atoms with Gasteiger partial charge in [-0.3, -0.25) is 0 Å². The van der Waals surface area contributed by atoms with Crippen LogP contribution >= 0.6 is 11.6 Å². The highest BCUT2D eigenvalue weighted by atomic mass is 35.5. The molecule has 1 aromatic heterocycles. The molecule has 0 bridgehead atoms. The molecule has 0 amide bonds. The number of pyridine rings is 1. The van der Waals surface area contributed by atoms with Crippen molar-refractivity contribution in [3.05, 3.63) is 23.4 Å². The molecule has 0 atom stereocenters. The molecule has 1 heterocycles. The van der Waals surface area contributed by atoms with E-state index in [2.05, 4.69) is 4.98 Å². The minimum Gasteiger partial charge on any atom is -0.239 e. The molecule has 84 valence electrons. The maximum atomic E-state index is 12.3. The van der Waals surface area contributed by atoms with Crippen molar-refractivity contribution in [3.8, 4) is 0 Å². The molecule has 0 saturated heterocycles. The van der Waals surface area contributed by atoms with E-state index in [1.54, 1.807) is 0 Å². The molecular formula is C7H7ClF2N2O2S. The van der Waals surface area contributed by atoms with Gasteiger partial charge in [0.1, 0.15) is 0 Å². The summed E-state index contributed by atoms with van der Waals surface area (Å²) in [6.07, 6.45) is -2.80. The fourth-order valence-electron chi connectivity index (χ4n) is 0.923. The molecule has 15 heavy (non-hydrogen) atoms. The minimum absolute atomic E-state index is 0.0403. The van der Waals surface area contributed by atoms with Crippen molar-refractivity contribution < 1.29 is 17.2 Å². The summed E-state index contributed by atoms with van der Waals surface area (Å²) in [6, 6.07) is 1.77. The quantitative estimate of drug-likeness (QED) is 0.831. The van der Waals surface area contributed by atoms with Gasteiger partial charge in [0, 0.05) is 5.56 Å². The molecule has 0 aliphatic rings. The molecule has 1 rings (SSSR count). The first-order chi connectivity index (χ1) is 6.84. The van der Waals surface area contributed by atoms with Crippen LogP contribution in [-0.4, -0.2) is 13.4 Å². The topological polar surface area (TPSA) is 73.1 Å². The smallest absolute Gasteiger partial charge is 0.239 e. The maximum absolute atomic E-state index is 12.3. The second kappa shape index (κ2) is 4.38. The fraction of sp³-hybridized carbons (Fsp3) is 0.286. The van der Waals surface area contributed by atoms with Crippen LogP contribution in [0.1, 0.15) is 17.7 Å². The first kappa shape index (κ1) is 12.3. The number of rotatable bonds is 3. The van der Waals surface area contributed by atoms with Crippen LogP contribution in [0.2, 0.25) is 0 Å². The van der Waals surface area contributed by atoms with Crippen molar-refractivity contribution >= 4 is 21.6 Å². The minimum atomic E-state index is -4.09. The first-order valence-electron chi connectivity index (χ1n) is 3.72. The second-order valence-corrected chi connectivity index (χ2v) is 4.48. The lowest BCUT2D eigenvalue weighted by Crippen LogP contribution is -2.15. The van der Waals surface area contributed by atoms with Gasteiger partial charge in [0.05, 0.1) is 11.6 Å². The Morgan fingerprint density at radius 2 is 2.07 bits per heavy atom. The van der Waals surface area contributed by atoms with Gasteiger partial charge in [0.15, 0.2) is 5.03 Å². The Kier molecular flexibility index (Phi) is 3.58. The molecular weight excluding hydrogens is 250 g/mol. The first-order valence-corrected chi connectivity index (χ1v) is 5.80. The van der Waals surface area contributed by atoms with Gasteiger partial charge in [-0.15, -0.1) is 11.6 Å². The maximum Gasteiger partial charge on any atom is 0.264 e. The SMILES string of the molecule is NS(=O)(=O)c1cc(C(F)F)cc(CCl)n1. The van der Waals surface area contributed by atoms with Crippen molar-refractivity contribution in [2.24, 2.45) is 5.14 Å². The lowest BCUT2D eigenvalue weighted by molar-refractivity contribution is 0.151. The predicted octanol–water partition coefficient (Wildman–Crippen LogP) is 1.41. The number of nitrogens with two attached hydrogens (primary N) is 1. The number of aromatic nitrogens is 1. The van der Waals surface area contributed by atoms with Gasteiger partial charge >= 0.3 is 0 Å². The zero-order valence-corrected chi connectivity index (χ0v) is 8.89. The third-order valence-corrected chi connectivity index (χ3v) is 2.62. The van der Waals surface area contributed by atoms with Crippen LogP contribution in [-0.2, 0) is 15.9 Å². The van der Waals surface area contributed by atoms with Gasteiger partial charge < -0.3 is 0 Å². The third-order valence-electron chi connectivity index (χ3n) is 1.56. The molecule has 1 aromatic rings. The van der Waals surface area contributed by atoms with Crippen LogP contribution < -0.4 is 5.14 Å². The van der Waals surface area contributed by atoms with Crippen LogP contribution in [0.15, 0.2) is 17.2 Å². The van der Waals surface area contributed by atoms with Gasteiger partial charge in [-0.05, 0) is 12.1 Å². The van der Waals surface area contributed by atoms with E-state index in [9.17, 15) is 17.2 Å². The average Bonchev–Trinajstić information content (AvgIpc) is 2.15. The van der Waals surface area contributed by atoms with E-state index in [1.165, 1.54) is 0 Å². The number of alkyl halides is 3. The Morgan fingerprint density at radius 1 is 1.47 bits per heavy atom. The Bertz CT molecular complexity index is 464. The molecule has 2 N–H and O–H groups in total. The standard InChI is InChI=1S/C7H7ClF2N2O2S/c8-3-5-1-4(7(9)10)2-6(12-5)15(11,13)14/h1-2,7H,3H2,(H2,11,13,14). The third kappa shape index (κ3) is 3.08. The number of hydrogen-bond donors (Lipinski definition) is 1. The zero-order valence-electron chi connectivity index (χ0n) is 7.32. The molecule has 0 fully saturated rings. The zero-order chi connectivity index (χ0) is 11.6. The Balaban J connectivity index is 3.36. The Hall–Kier alpha value is -0.790. The summed E-state index contributed by atoms with van der Waals surface area (Å²) in [5.41, 5.74) is -0.428. The number of sulfonamides is 1. The molecule has 0 aliphatic heterocycles. The Labute approximate surface area is 90.1 Å². The van der Waals surface area contributed by atoms with Crippen LogP contribution in [0.4, 0.5) is 8.78 Å². The number of hydrogen-bond acceptors (Lipinski definition) is 3. The number of nitrogens with zero attached hydrogens (tertiary/aromatic N) is 1. The Morgan fingerprint density at radius 3 is 2.47 bits per heavy atom. The highest BCUT2D eigenvalue weighted by Gasteiger charge is 2.16. The van der Waals surface area contributed by atoms with Crippen LogP contribution in [0.5, 0.6) is 0 Å². The summed E-state index contributed by atoms with van der Waals surface area (Å²) in [7, 11) is -4.09. The molecule has 0 aliphatic carbocycles. The van der Waals surface area contributed by atoms with Gasteiger partial charge in [0.25, 0.3) is 16.4 Å². The van der Waals surface area contributed by atoms with Crippen LogP contribution in [0.3, 0.4) is 0 Å². The molecule has 0 spiro atoms. The van der Waals surface area contributed by atoms with E-state index >= 15 is 0 Å². The van der Waals surface area contributed by atoms with Crippen molar-refractivity contribution in [1.29, 1.82) is 0 Å². The van der Waals surface area contributed by atoms with E-state index in [0.717, 1.165) is 12.1 Å². The monoisotopic (exact) mass is 256 g/mol. The normalized spacial score (nSPS) is 12.1. The molecule has 0 unspecified atom stereocenters. The van der Waals surface area contributed by atoms with Crippen LogP contribution in [0, 0.1) is 0 Å². The lowest BCUT2D eigenvalue weighted by Gasteiger charge is -2.05. The largest absolute Gasteiger partial charge is 0.264 e. The summed E-state index contributed by atoms with van der Waals surface area (Å²) in [5.74, 6) is -0.164. The van der Waals surface area contributed by atoms with Gasteiger partial charge in [0.2, 0.25) is 0 Å². The van der Waals surface area contributed by atoms with Crippen molar-refractivity contribution in [2.75, 3.05) is 0 Å². The molecule has 0 aromatic carbocycles. The van der Waals surface area contributed by atoms with E-state index < -0.39 is 27.0 Å². The number of primary sulfonamides is 1. The molecule has 0 radical (unpaired) electrons. The fourth-order valence-corrected chi connectivity index (χ4v) is 1.60. The molecule has 8 heteroatoms. The summed E-state index contributed by atoms with van der Waals surface area (Å²) >= 11 is 5.38. The van der Waals surface area contributed by atoms with E-state index in [-0.39, 0.29) is 11.6 Å². The lowest BCUT2D eigenvalue weighted by atomic mass is 10.2. The van der Waals surface area contributed by atoms with Crippen LogP contribution in [0.25, 0.3) is 0 Å². The van der Waals surface area contributed by atoms with E-state index in [0.29, 0.717) is 0 Å². The van der Waals surface area contributed by atoms with Crippen molar-refractivity contribution in [3.63, 3.8) is 0 Å².